The predicted octanol–water partition coefficient (Wildman–Crippen LogP) is 3.20. The summed E-state index contributed by atoms with van der Waals surface area (Å²) in [4.78, 5) is 10.5. The summed E-state index contributed by atoms with van der Waals surface area (Å²) in [6, 6.07) is 12.3. The Balaban J connectivity index is 2.21. The zero-order valence-electron chi connectivity index (χ0n) is 11.2. The van der Waals surface area contributed by atoms with Gasteiger partial charge in [0, 0.05) is 6.07 Å². The van der Waals surface area contributed by atoms with Crippen LogP contribution in [0, 0.1) is 17.0 Å². The molecule has 5 nitrogen and oxygen atoms in total. The van der Waals surface area contributed by atoms with Crippen LogP contribution < -0.4 is 10.5 Å². The Hall–Kier alpha value is -2.40. The molecule has 0 saturated heterocycles. The van der Waals surface area contributed by atoms with Crippen LogP contribution in [0.1, 0.15) is 11.1 Å². The molecule has 0 bridgehead atoms. The molecule has 0 unspecified atom stereocenters. The molecule has 2 N–H and O–H groups in total. The van der Waals surface area contributed by atoms with E-state index in [1.54, 1.807) is 19.1 Å². The fourth-order valence-corrected chi connectivity index (χ4v) is 1.93. The maximum absolute atomic E-state index is 10.9. The molecule has 0 aliphatic heterocycles. The maximum atomic E-state index is 10.9. The van der Waals surface area contributed by atoms with E-state index >= 15 is 0 Å². The standard InChI is InChI=1S/C15H16N2O3/c1-11-14(17(18)19)3-2-4-15(11)20-13-7-5-12(6-8-13)9-10-16/h2-8H,9-10,16H2,1H3. The molecule has 0 saturated carbocycles. The van der Waals surface area contributed by atoms with Crippen LogP contribution in [0.5, 0.6) is 11.5 Å². The summed E-state index contributed by atoms with van der Waals surface area (Å²) in [6.45, 7) is 2.28. The Bertz CT molecular complexity index is 609. The lowest BCUT2D eigenvalue weighted by Crippen LogP contribution is -2.02. The molecule has 0 amide bonds. The van der Waals surface area contributed by atoms with Crippen molar-refractivity contribution in [1.82, 2.24) is 0 Å². The number of benzene rings is 2. The van der Waals surface area contributed by atoms with Gasteiger partial charge in [0.15, 0.2) is 0 Å². The minimum Gasteiger partial charge on any atom is -0.457 e. The van der Waals surface area contributed by atoms with Crippen molar-refractivity contribution >= 4 is 5.69 Å². The van der Waals surface area contributed by atoms with E-state index in [0.29, 0.717) is 23.6 Å². The lowest BCUT2D eigenvalue weighted by atomic mass is 10.1. The van der Waals surface area contributed by atoms with Crippen LogP contribution in [0.15, 0.2) is 42.5 Å². The van der Waals surface area contributed by atoms with Gasteiger partial charge in [-0.25, -0.2) is 0 Å². The van der Waals surface area contributed by atoms with Crippen LogP contribution in [-0.2, 0) is 6.42 Å². The lowest BCUT2D eigenvalue weighted by Gasteiger charge is -2.09. The molecule has 0 radical (unpaired) electrons. The van der Waals surface area contributed by atoms with Gasteiger partial charge in [-0.3, -0.25) is 10.1 Å². The van der Waals surface area contributed by atoms with Crippen molar-refractivity contribution in [3.63, 3.8) is 0 Å². The number of nitro groups is 1. The first-order valence-corrected chi connectivity index (χ1v) is 6.32. The van der Waals surface area contributed by atoms with Gasteiger partial charge in [-0.2, -0.15) is 0 Å². The SMILES string of the molecule is Cc1c(Oc2ccc(CCN)cc2)cccc1[N+](=O)[O-]. The number of nitrogens with two attached hydrogens (primary N) is 1. The highest BCUT2D eigenvalue weighted by Gasteiger charge is 2.14. The van der Waals surface area contributed by atoms with Crippen LogP contribution in [0.25, 0.3) is 0 Å². The zero-order chi connectivity index (χ0) is 14.5. The predicted molar refractivity (Wildman–Crippen MR) is 77.1 cm³/mol. The molecule has 2 rings (SSSR count). The molecule has 2 aromatic carbocycles. The topological polar surface area (TPSA) is 78.4 Å². The molecular formula is C15H16N2O3. The minimum atomic E-state index is -0.410. The van der Waals surface area contributed by atoms with Crippen LogP contribution in [0.3, 0.4) is 0 Å². The summed E-state index contributed by atoms with van der Waals surface area (Å²) in [7, 11) is 0. The van der Waals surface area contributed by atoms with Crippen LogP contribution in [-0.4, -0.2) is 11.5 Å². The molecule has 0 heterocycles. The Morgan fingerprint density at radius 2 is 1.90 bits per heavy atom. The Morgan fingerprint density at radius 3 is 2.50 bits per heavy atom. The van der Waals surface area contributed by atoms with Crippen molar-refractivity contribution in [3.05, 3.63) is 63.7 Å². The second kappa shape index (κ2) is 6.16. The van der Waals surface area contributed by atoms with E-state index < -0.39 is 4.92 Å². The summed E-state index contributed by atoms with van der Waals surface area (Å²) < 4.78 is 5.70. The second-order valence-electron chi connectivity index (χ2n) is 4.44. The molecule has 0 atom stereocenters. The fourth-order valence-electron chi connectivity index (χ4n) is 1.93. The van der Waals surface area contributed by atoms with Gasteiger partial charge in [0.1, 0.15) is 11.5 Å². The van der Waals surface area contributed by atoms with E-state index in [0.717, 1.165) is 12.0 Å². The summed E-state index contributed by atoms with van der Waals surface area (Å²) in [5.41, 5.74) is 7.20. The summed E-state index contributed by atoms with van der Waals surface area (Å²) >= 11 is 0. The van der Waals surface area contributed by atoms with Crippen LogP contribution in [0.4, 0.5) is 5.69 Å². The van der Waals surface area contributed by atoms with Crippen LogP contribution in [0.2, 0.25) is 0 Å². The van der Waals surface area contributed by atoms with E-state index in [1.807, 2.05) is 24.3 Å². The van der Waals surface area contributed by atoms with Gasteiger partial charge in [-0.05, 0) is 43.7 Å². The molecular weight excluding hydrogens is 256 g/mol. The average Bonchev–Trinajstić information content (AvgIpc) is 2.43. The normalized spacial score (nSPS) is 10.3. The highest BCUT2D eigenvalue weighted by molar-refractivity contribution is 5.49. The van der Waals surface area contributed by atoms with E-state index in [4.69, 9.17) is 10.5 Å². The van der Waals surface area contributed by atoms with Crippen molar-refractivity contribution < 1.29 is 9.66 Å². The van der Waals surface area contributed by atoms with Crippen molar-refractivity contribution in [1.29, 1.82) is 0 Å². The number of hydrogen-bond acceptors (Lipinski definition) is 4. The zero-order valence-corrected chi connectivity index (χ0v) is 11.2. The Morgan fingerprint density at radius 1 is 1.20 bits per heavy atom. The highest BCUT2D eigenvalue weighted by Crippen LogP contribution is 2.30. The van der Waals surface area contributed by atoms with E-state index in [1.165, 1.54) is 6.07 Å². The number of rotatable bonds is 5. The van der Waals surface area contributed by atoms with Gasteiger partial charge in [-0.15, -0.1) is 0 Å². The average molecular weight is 272 g/mol. The van der Waals surface area contributed by atoms with Crippen molar-refractivity contribution in [3.8, 4) is 11.5 Å². The maximum Gasteiger partial charge on any atom is 0.276 e. The van der Waals surface area contributed by atoms with E-state index in [2.05, 4.69) is 0 Å². The minimum absolute atomic E-state index is 0.0576. The monoisotopic (exact) mass is 272 g/mol. The van der Waals surface area contributed by atoms with Gasteiger partial charge in [0.25, 0.3) is 5.69 Å². The number of nitro benzene ring substituents is 1. The van der Waals surface area contributed by atoms with Crippen molar-refractivity contribution in [2.75, 3.05) is 6.54 Å². The first kappa shape index (κ1) is 14.0. The largest absolute Gasteiger partial charge is 0.457 e. The van der Waals surface area contributed by atoms with Crippen molar-refractivity contribution in [2.24, 2.45) is 5.73 Å². The summed E-state index contributed by atoms with van der Waals surface area (Å²) in [6.07, 6.45) is 0.816. The molecule has 2 aromatic rings. The molecule has 0 aliphatic carbocycles. The van der Waals surface area contributed by atoms with E-state index in [9.17, 15) is 10.1 Å². The lowest BCUT2D eigenvalue weighted by molar-refractivity contribution is -0.385. The molecule has 20 heavy (non-hydrogen) atoms. The molecule has 0 spiro atoms. The van der Waals surface area contributed by atoms with Gasteiger partial charge in [0.05, 0.1) is 10.5 Å². The van der Waals surface area contributed by atoms with Gasteiger partial charge in [0.2, 0.25) is 0 Å². The van der Waals surface area contributed by atoms with E-state index in [-0.39, 0.29) is 5.69 Å². The second-order valence-corrected chi connectivity index (χ2v) is 4.44. The molecule has 0 aliphatic rings. The quantitative estimate of drug-likeness (QED) is 0.669. The van der Waals surface area contributed by atoms with Crippen LogP contribution >= 0.6 is 0 Å². The molecule has 5 heteroatoms. The molecule has 104 valence electrons. The first-order chi connectivity index (χ1) is 9.61. The van der Waals surface area contributed by atoms with Gasteiger partial charge < -0.3 is 10.5 Å². The van der Waals surface area contributed by atoms with Crippen molar-refractivity contribution in [2.45, 2.75) is 13.3 Å². The molecule has 0 aromatic heterocycles. The number of hydrogen-bond donors (Lipinski definition) is 1. The third-order valence-corrected chi connectivity index (χ3v) is 3.04. The van der Waals surface area contributed by atoms with Gasteiger partial charge in [-0.1, -0.05) is 18.2 Å². The first-order valence-electron chi connectivity index (χ1n) is 6.32. The number of nitrogens with zero attached hydrogens (tertiary/aromatic N) is 1. The molecule has 0 fully saturated rings. The third-order valence-electron chi connectivity index (χ3n) is 3.04. The fraction of sp³-hybridized carbons (Fsp3) is 0.200. The number of ether oxygens (including phenoxy) is 1. The Labute approximate surface area is 117 Å². The van der Waals surface area contributed by atoms with Gasteiger partial charge >= 0.3 is 0 Å². The summed E-state index contributed by atoms with van der Waals surface area (Å²) in [5, 5.41) is 10.9. The third kappa shape index (κ3) is 3.13. The smallest absolute Gasteiger partial charge is 0.276 e. The summed E-state index contributed by atoms with van der Waals surface area (Å²) in [5.74, 6) is 1.14. The Kier molecular flexibility index (Phi) is 4.32. The highest BCUT2D eigenvalue weighted by atomic mass is 16.6.